The molecule has 0 unspecified atom stereocenters. The Morgan fingerprint density at radius 2 is 2.37 bits per heavy atom. The van der Waals surface area contributed by atoms with Gasteiger partial charge in [-0.05, 0) is 18.9 Å². The second-order valence-electron chi connectivity index (χ2n) is 4.77. The molecule has 19 heavy (non-hydrogen) atoms. The maximum atomic E-state index is 11.7. The smallest absolute Gasteiger partial charge is 0.222 e. The minimum Gasteiger partial charge on any atom is -0.353 e. The standard InChI is InChI=1S/C13H15ClN4O/c14-7-12-17-10-8-15-5-3-11(10)18(12)6-4-13(19)16-9-1-2-9/h3,5,8-9H,1-2,4,6-7H2,(H,16,19). The second-order valence-corrected chi connectivity index (χ2v) is 5.04. The molecule has 1 amide bonds. The third kappa shape index (κ3) is 2.71. The molecular formula is C13H15ClN4O. The molecule has 1 fully saturated rings. The van der Waals surface area contributed by atoms with Crippen LogP contribution in [-0.4, -0.2) is 26.5 Å². The number of hydrogen-bond acceptors (Lipinski definition) is 3. The topological polar surface area (TPSA) is 59.8 Å². The first-order valence-corrected chi connectivity index (χ1v) is 6.96. The van der Waals surface area contributed by atoms with Gasteiger partial charge in [0.2, 0.25) is 5.91 Å². The molecule has 1 aliphatic rings. The molecule has 1 N–H and O–H groups in total. The Morgan fingerprint density at radius 1 is 1.53 bits per heavy atom. The Bertz CT molecular complexity index is 606. The third-order valence-corrected chi connectivity index (χ3v) is 3.49. The molecule has 0 radical (unpaired) electrons. The highest BCUT2D eigenvalue weighted by Crippen LogP contribution is 2.19. The number of alkyl halides is 1. The summed E-state index contributed by atoms with van der Waals surface area (Å²) in [6.45, 7) is 0.598. The molecule has 0 bridgehead atoms. The minimum absolute atomic E-state index is 0.0962. The summed E-state index contributed by atoms with van der Waals surface area (Å²) in [5.74, 6) is 1.21. The first-order chi connectivity index (χ1) is 9.28. The van der Waals surface area contributed by atoms with E-state index in [1.165, 1.54) is 0 Å². The molecule has 0 saturated heterocycles. The minimum atomic E-state index is 0.0962. The summed E-state index contributed by atoms with van der Waals surface area (Å²) in [6, 6.07) is 2.31. The number of nitrogens with one attached hydrogen (secondary N) is 1. The van der Waals surface area contributed by atoms with Crippen LogP contribution in [-0.2, 0) is 17.2 Å². The molecule has 0 aromatic carbocycles. The molecule has 5 nitrogen and oxygen atoms in total. The van der Waals surface area contributed by atoms with Gasteiger partial charge < -0.3 is 9.88 Å². The maximum Gasteiger partial charge on any atom is 0.222 e. The molecule has 2 heterocycles. The van der Waals surface area contributed by atoms with Crippen LogP contribution in [0.5, 0.6) is 0 Å². The van der Waals surface area contributed by atoms with E-state index in [1.807, 2.05) is 10.6 Å². The average molecular weight is 279 g/mol. The normalized spacial score (nSPS) is 14.8. The van der Waals surface area contributed by atoms with Crippen LogP contribution in [0.25, 0.3) is 11.0 Å². The van der Waals surface area contributed by atoms with Crippen LogP contribution in [0, 0.1) is 0 Å². The molecule has 0 spiro atoms. The number of aromatic nitrogens is 3. The summed E-state index contributed by atoms with van der Waals surface area (Å²) in [5, 5.41) is 2.98. The lowest BCUT2D eigenvalue weighted by atomic mass is 10.3. The molecule has 3 rings (SSSR count). The van der Waals surface area contributed by atoms with Crippen LogP contribution in [0.1, 0.15) is 25.1 Å². The Kier molecular flexibility index (Phi) is 3.38. The molecule has 1 aliphatic carbocycles. The Morgan fingerprint density at radius 3 is 3.11 bits per heavy atom. The quantitative estimate of drug-likeness (QED) is 0.849. The monoisotopic (exact) mass is 278 g/mol. The fourth-order valence-electron chi connectivity index (χ4n) is 2.12. The van der Waals surface area contributed by atoms with Gasteiger partial charge in [0.15, 0.2) is 0 Å². The summed E-state index contributed by atoms with van der Waals surface area (Å²) >= 11 is 5.91. The van der Waals surface area contributed by atoms with E-state index in [1.54, 1.807) is 12.4 Å². The van der Waals surface area contributed by atoms with Crippen molar-refractivity contribution in [2.75, 3.05) is 0 Å². The highest BCUT2D eigenvalue weighted by atomic mass is 35.5. The van der Waals surface area contributed by atoms with E-state index in [0.29, 0.717) is 24.9 Å². The van der Waals surface area contributed by atoms with Crippen molar-refractivity contribution in [2.24, 2.45) is 0 Å². The molecule has 6 heteroatoms. The Balaban J connectivity index is 1.76. The lowest BCUT2D eigenvalue weighted by Crippen LogP contribution is -2.26. The van der Waals surface area contributed by atoms with Gasteiger partial charge in [0.25, 0.3) is 0 Å². The summed E-state index contributed by atoms with van der Waals surface area (Å²) in [5.41, 5.74) is 1.80. The van der Waals surface area contributed by atoms with Gasteiger partial charge in [-0.3, -0.25) is 9.78 Å². The van der Waals surface area contributed by atoms with Gasteiger partial charge in [0.05, 0.1) is 17.6 Å². The zero-order valence-electron chi connectivity index (χ0n) is 10.5. The second kappa shape index (κ2) is 5.17. The number of fused-ring (bicyclic) bond motifs is 1. The van der Waals surface area contributed by atoms with Gasteiger partial charge in [0.1, 0.15) is 11.3 Å². The van der Waals surface area contributed by atoms with Crippen molar-refractivity contribution in [2.45, 2.75) is 37.7 Å². The number of rotatable bonds is 5. The fraction of sp³-hybridized carbons (Fsp3) is 0.462. The number of nitrogens with zero attached hydrogens (tertiary/aromatic N) is 3. The van der Waals surface area contributed by atoms with Gasteiger partial charge in [-0.25, -0.2) is 4.98 Å². The van der Waals surface area contributed by atoms with Crippen LogP contribution < -0.4 is 5.32 Å². The van der Waals surface area contributed by atoms with Crippen molar-refractivity contribution in [3.8, 4) is 0 Å². The molecular weight excluding hydrogens is 264 g/mol. The van der Waals surface area contributed by atoms with Gasteiger partial charge in [0, 0.05) is 25.2 Å². The van der Waals surface area contributed by atoms with Gasteiger partial charge >= 0.3 is 0 Å². The SMILES string of the molecule is O=C(CCn1c(CCl)nc2cnccc21)NC1CC1. The van der Waals surface area contributed by atoms with E-state index >= 15 is 0 Å². The Hall–Kier alpha value is -1.62. The van der Waals surface area contributed by atoms with Crippen LogP contribution in [0.2, 0.25) is 0 Å². The van der Waals surface area contributed by atoms with Crippen molar-refractivity contribution < 1.29 is 4.79 Å². The van der Waals surface area contributed by atoms with E-state index in [2.05, 4.69) is 15.3 Å². The molecule has 0 atom stereocenters. The van der Waals surface area contributed by atoms with E-state index in [-0.39, 0.29) is 5.91 Å². The van der Waals surface area contributed by atoms with Gasteiger partial charge in [-0.2, -0.15) is 0 Å². The largest absolute Gasteiger partial charge is 0.353 e. The number of aryl methyl sites for hydroxylation is 1. The van der Waals surface area contributed by atoms with Crippen molar-refractivity contribution in [3.63, 3.8) is 0 Å². The van der Waals surface area contributed by atoms with Crippen molar-refractivity contribution in [1.29, 1.82) is 0 Å². The van der Waals surface area contributed by atoms with Crippen LogP contribution in [0.3, 0.4) is 0 Å². The zero-order chi connectivity index (χ0) is 13.2. The van der Waals surface area contributed by atoms with Crippen molar-refractivity contribution in [1.82, 2.24) is 19.9 Å². The van der Waals surface area contributed by atoms with Crippen molar-refractivity contribution in [3.05, 3.63) is 24.3 Å². The predicted molar refractivity (Wildman–Crippen MR) is 72.9 cm³/mol. The first-order valence-electron chi connectivity index (χ1n) is 6.42. The first kappa shape index (κ1) is 12.4. The summed E-state index contributed by atoms with van der Waals surface area (Å²) in [7, 11) is 0. The van der Waals surface area contributed by atoms with Crippen molar-refractivity contribution >= 4 is 28.5 Å². The van der Waals surface area contributed by atoms with Gasteiger partial charge in [-0.15, -0.1) is 11.6 Å². The summed E-state index contributed by atoms with van der Waals surface area (Å²) in [4.78, 5) is 20.2. The number of hydrogen-bond donors (Lipinski definition) is 1. The molecule has 1 saturated carbocycles. The number of amides is 1. The summed E-state index contributed by atoms with van der Waals surface area (Å²) in [6.07, 6.45) is 6.11. The molecule has 0 aliphatic heterocycles. The summed E-state index contributed by atoms with van der Waals surface area (Å²) < 4.78 is 2.00. The van der Waals surface area contributed by atoms with Crippen LogP contribution in [0.15, 0.2) is 18.5 Å². The lowest BCUT2D eigenvalue weighted by molar-refractivity contribution is -0.121. The fourth-order valence-corrected chi connectivity index (χ4v) is 2.33. The van der Waals surface area contributed by atoms with E-state index in [4.69, 9.17) is 11.6 Å². The highest BCUT2D eigenvalue weighted by Gasteiger charge is 2.23. The lowest BCUT2D eigenvalue weighted by Gasteiger charge is -2.07. The number of halogens is 1. The number of carbonyl (C=O) groups is 1. The average Bonchev–Trinajstić information content (AvgIpc) is 3.15. The maximum absolute atomic E-state index is 11.7. The highest BCUT2D eigenvalue weighted by molar-refractivity contribution is 6.16. The van der Waals surface area contributed by atoms with Crippen LogP contribution in [0.4, 0.5) is 0 Å². The van der Waals surface area contributed by atoms with Crippen LogP contribution >= 0.6 is 11.6 Å². The number of imidazole rings is 1. The zero-order valence-corrected chi connectivity index (χ0v) is 11.2. The predicted octanol–water partition coefficient (Wildman–Crippen LogP) is 1.84. The van der Waals surface area contributed by atoms with E-state index in [9.17, 15) is 4.79 Å². The van der Waals surface area contributed by atoms with E-state index in [0.717, 1.165) is 29.7 Å². The third-order valence-electron chi connectivity index (χ3n) is 3.25. The molecule has 2 aromatic heterocycles. The Labute approximate surface area is 116 Å². The van der Waals surface area contributed by atoms with Gasteiger partial charge in [-0.1, -0.05) is 0 Å². The number of pyridine rings is 1. The molecule has 100 valence electrons. The number of carbonyl (C=O) groups excluding carboxylic acids is 1. The molecule has 2 aromatic rings. The van der Waals surface area contributed by atoms with E-state index < -0.39 is 0 Å².